The molecule has 0 radical (unpaired) electrons. The molecule has 2 heterocycles. The van der Waals surface area contributed by atoms with Crippen molar-refractivity contribution in [1.29, 1.82) is 0 Å². The Kier molecular flexibility index (Phi) is 8.18. The highest BCUT2D eigenvalue weighted by atomic mass is 16.5. The van der Waals surface area contributed by atoms with E-state index in [1.54, 1.807) is 0 Å². The van der Waals surface area contributed by atoms with Crippen molar-refractivity contribution in [3.05, 3.63) is 119 Å². The topological polar surface area (TPSA) is 78.8 Å². The second kappa shape index (κ2) is 12.1. The number of carboxylic acid groups (broad SMARTS) is 1. The van der Waals surface area contributed by atoms with Crippen LogP contribution in [0.5, 0.6) is 5.88 Å². The third-order valence-electron chi connectivity index (χ3n) is 7.51. The Labute approximate surface area is 229 Å². The zero-order valence-corrected chi connectivity index (χ0v) is 22.2. The Morgan fingerprint density at radius 1 is 0.846 bits per heavy atom. The van der Waals surface area contributed by atoms with Gasteiger partial charge in [0, 0.05) is 31.6 Å². The predicted molar refractivity (Wildman–Crippen MR) is 153 cm³/mol. The SMILES string of the molecule is CCOc1nc(N2CCN(CCC(c3ccccc3)(c3ccccc3)c3ccccc3)CC2)ncc1C(=O)O. The fourth-order valence-electron chi connectivity index (χ4n) is 5.50. The third-order valence-corrected chi connectivity index (χ3v) is 7.51. The van der Waals surface area contributed by atoms with Crippen molar-refractivity contribution >= 4 is 11.9 Å². The molecule has 1 aliphatic heterocycles. The van der Waals surface area contributed by atoms with E-state index in [1.165, 1.54) is 22.9 Å². The summed E-state index contributed by atoms with van der Waals surface area (Å²) in [4.78, 5) is 24.9. The number of benzene rings is 3. The number of carbonyl (C=O) groups is 1. The van der Waals surface area contributed by atoms with E-state index in [-0.39, 0.29) is 16.9 Å². The first-order chi connectivity index (χ1) is 19.1. The summed E-state index contributed by atoms with van der Waals surface area (Å²) in [5, 5.41) is 9.42. The summed E-state index contributed by atoms with van der Waals surface area (Å²) in [6, 6.07) is 32.4. The molecule has 5 rings (SSSR count). The number of aromatic nitrogens is 2. The van der Waals surface area contributed by atoms with E-state index >= 15 is 0 Å². The molecule has 1 saturated heterocycles. The third kappa shape index (κ3) is 5.64. The van der Waals surface area contributed by atoms with Crippen LogP contribution in [0.15, 0.2) is 97.2 Å². The number of ether oxygens (including phenoxy) is 1. The Morgan fingerprint density at radius 3 is 1.82 bits per heavy atom. The number of rotatable bonds is 10. The van der Waals surface area contributed by atoms with Gasteiger partial charge in [-0.1, -0.05) is 91.0 Å². The van der Waals surface area contributed by atoms with Crippen LogP contribution < -0.4 is 9.64 Å². The summed E-state index contributed by atoms with van der Waals surface area (Å²) in [7, 11) is 0. The molecule has 7 heteroatoms. The van der Waals surface area contributed by atoms with Crippen molar-refractivity contribution in [2.24, 2.45) is 0 Å². The van der Waals surface area contributed by atoms with Crippen molar-refractivity contribution in [2.45, 2.75) is 18.8 Å². The fraction of sp³-hybridized carbons (Fsp3) is 0.281. The van der Waals surface area contributed by atoms with Crippen LogP contribution in [0.1, 0.15) is 40.4 Å². The van der Waals surface area contributed by atoms with Crippen LogP contribution in [0, 0.1) is 0 Å². The minimum atomic E-state index is -1.09. The van der Waals surface area contributed by atoms with Gasteiger partial charge in [0.05, 0.1) is 12.8 Å². The Hall–Kier alpha value is -4.23. The van der Waals surface area contributed by atoms with Crippen molar-refractivity contribution in [3.63, 3.8) is 0 Å². The van der Waals surface area contributed by atoms with Crippen LogP contribution in [0.3, 0.4) is 0 Å². The number of piperazine rings is 1. The van der Waals surface area contributed by atoms with Gasteiger partial charge in [-0.25, -0.2) is 9.78 Å². The molecule has 1 aromatic heterocycles. The minimum absolute atomic E-state index is 0.0155. The summed E-state index contributed by atoms with van der Waals surface area (Å²) in [5.41, 5.74) is 3.57. The smallest absolute Gasteiger partial charge is 0.342 e. The summed E-state index contributed by atoms with van der Waals surface area (Å²) in [6.07, 6.45) is 2.28. The van der Waals surface area contributed by atoms with Crippen LogP contribution in [-0.2, 0) is 5.41 Å². The van der Waals surface area contributed by atoms with Gasteiger partial charge in [-0.15, -0.1) is 0 Å². The molecule has 200 valence electrons. The van der Waals surface area contributed by atoms with Crippen molar-refractivity contribution < 1.29 is 14.6 Å². The molecule has 0 spiro atoms. The van der Waals surface area contributed by atoms with E-state index in [2.05, 4.69) is 111 Å². The first-order valence-electron chi connectivity index (χ1n) is 13.5. The quantitative estimate of drug-likeness (QED) is 0.290. The summed E-state index contributed by atoms with van der Waals surface area (Å²) in [5.74, 6) is -0.459. The molecule has 4 aromatic rings. The molecule has 0 aliphatic carbocycles. The Balaban J connectivity index is 1.36. The molecule has 3 aromatic carbocycles. The Morgan fingerprint density at radius 2 is 1.36 bits per heavy atom. The number of carboxylic acids is 1. The number of aromatic carboxylic acids is 1. The molecule has 1 fully saturated rings. The molecule has 0 amide bonds. The maximum Gasteiger partial charge on any atom is 0.342 e. The first-order valence-corrected chi connectivity index (χ1v) is 13.5. The first kappa shape index (κ1) is 26.4. The average molecular weight is 523 g/mol. The number of hydrogen-bond acceptors (Lipinski definition) is 6. The van der Waals surface area contributed by atoms with Gasteiger partial charge in [0.15, 0.2) is 0 Å². The predicted octanol–water partition coefficient (Wildman–Crippen LogP) is 5.12. The van der Waals surface area contributed by atoms with Gasteiger partial charge in [0.25, 0.3) is 0 Å². The summed E-state index contributed by atoms with van der Waals surface area (Å²) >= 11 is 0. The normalized spacial score (nSPS) is 14.2. The van der Waals surface area contributed by atoms with Gasteiger partial charge in [-0.2, -0.15) is 4.98 Å². The van der Waals surface area contributed by atoms with E-state index in [4.69, 9.17) is 4.74 Å². The lowest BCUT2D eigenvalue weighted by atomic mass is 9.67. The van der Waals surface area contributed by atoms with Crippen LogP contribution in [0.25, 0.3) is 0 Å². The van der Waals surface area contributed by atoms with E-state index in [1.807, 2.05) is 6.92 Å². The maximum absolute atomic E-state index is 11.5. The molecule has 0 saturated carbocycles. The lowest BCUT2D eigenvalue weighted by Gasteiger charge is -2.40. The zero-order chi connectivity index (χ0) is 27.1. The lowest BCUT2D eigenvalue weighted by Crippen LogP contribution is -2.48. The van der Waals surface area contributed by atoms with Crippen molar-refractivity contribution in [3.8, 4) is 5.88 Å². The van der Waals surface area contributed by atoms with Gasteiger partial charge in [-0.05, 0) is 36.6 Å². The highest BCUT2D eigenvalue weighted by molar-refractivity contribution is 5.89. The molecule has 0 bridgehead atoms. The molecule has 0 unspecified atom stereocenters. The molecule has 7 nitrogen and oxygen atoms in total. The van der Waals surface area contributed by atoms with Crippen molar-refractivity contribution in [2.75, 3.05) is 44.2 Å². The van der Waals surface area contributed by atoms with E-state index in [0.717, 1.165) is 39.1 Å². The molecular weight excluding hydrogens is 488 g/mol. The maximum atomic E-state index is 11.5. The second-order valence-corrected chi connectivity index (χ2v) is 9.71. The van der Waals surface area contributed by atoms with Gasteiger partial charge >= 0.3 is 5.97 Å². The molecular formula is C32H34N4O3. The summed E-state index contributed by atoms with van der Waals surface area (Å²) < 4.78 is 5.48. The second-order valence-electron chi connectivity index (χ2n) is 9.71. The number of nitrogens with zero attached hydrogens (tertiary/aromatic N) is 4. The fourth-order valence-corrected chi connectivity index (χ4v) is 5.50. The van der Waals surface area contributed by atoms with Gasteiger partial charge in [-0.3, -0.25) is 4.90 Å². The van der Waals surface area contributed by atoms with Crippen LogP contribution in [0.4, 0.5) is 5.95 Å². The largest absolute Gasteiger partial charge is 0.477 e. The van der Waals surface area contributed by atoms with Crippen LogP contribution in [0.2, 0.25) is 0 Å². The molecule has 1 aliphatic rings. The highest BCUT2D eigenvalue weighted by Crippen LogP contribution is 2.42. The molecule has 39 heavy (non-hydrogen) atoms. The zero-order valence-electron chi connectivity index (χ0n) is 22.2. The van der Waals surface area contributed by atoms with E-state index in [9.17, 15) is 9.90 Å². The van der Waals surface area contributed by atoms with Crippen LogP contribution in [-0.4, -0.2) is 65.3 Å². The molecule has 1 N–H and O–H groups in total. The number of hydrogen-bond donors (Lipinski definition) is 1. The monoisotopic (exact) mass is 522 g/mol. The van der Waals surface area contributed by atoms with E-state index < -0.39 is 5.97 Å². The molecule has 0 atom stereocenters. The van der Waals surface area contributed by atoms with Gasteiger partial charge in [0.2, 0.25) is 11.8 Å². The lowest BCUT2D eigenvalue weighted by molar-refractivity contribution is 0.0691. The number of anilines is 1. The van der Waals surface area contributed by atoms with Crippen molar-refractivity contribution in [1.82, 2.24) is 14.9 Å². The van der Waals surface area contributed by atoms with Gasteiger partial charge in [0.1, 0.15) is 5.56 Å². The average Bonchev–Trinajstić information content (AvgIpc) is 2.99. The standard InChI is InChI=1S/C32H34N4O3/c1-2-39-29-28(30(37)38)24-33-31(34-29)36-22-20-35(21-23-36)19-18-32(25-12-6-3-7-13-25,26-14-8-4-9-15-26)27-16-10-5-11-17-27/h3-17,24H,2,18-23H2,1H3,(H,37,38). The van der Waals surface area contributed by atoms with E-state index in [0.29, 0.717) is 12.6 Å². The minimum Gasteiger partial charge on any atom is -0.477 e. The summed E-state index contributed by atoms with van der Waals surface area (Å²) in [6.45, 7) is 6.32. The highest BCUT2D eigenvalue weighted by Gasteiger charge is 2.36. The van der Waals surface area contributed by atoms with Gasteiger partial charge < -0.3 is 14.7 Å². The van der Waals surface area contributed by atoms with Crippen LogP contribution >= 0.6 is 0 Å². The Bertz CT molecular complexity index is 1260.